The molecule has 2 heterocycles. The molecule has 1 aliphatic heterocycles. The average Bonchev–Trinajstić information content (AvgIpc) is 3.07. The standard InChI is InChI=1S/C19H20N4O5S/c1-12-11-23(8-9-28-12)18(24)14-4-2-3-5-15(14)22-29(26,27)13-6-7-16-17(10-13)21-19(25)20-16/h2-7,10,12,22H,8-9,11H2,1H3,(H2,20,21,25)/t12-/m0/s1. The molecule has 3 N–H and O–H groups in total. The van der Waals surface area contributed by atoms with E-state index < -0.39 is 15.7 Å². The highest BCUT2D eigenvalue weighted by molar-refractivity contribution is 7.92. The van der Waals surface area contributed by atoms with Crippen molar-refractivity contribution in [1.82, 2.24) is 14.9 Å². The lowest BCUT2D eigenvalue weighted by molar-refractivity contribution is -0.0123. The molecule has 9 nitrogen and oxygen atoms in total. The number of rotatable bonds is 4. The van der Waals surface area contributed by atoms with Crippen molar-refractivity contribution in [2.75, 3.05) is 24.4 Å². The third-order valence-corrected chi connectivity index (χ3v) is 6.09. The highest BCUT2D eigenvalue weighted by atomic mass is 32.2. The van der Waals surface area contributed by atoms with Gasteiger partial charge in [-0.25, -0.2) is 13.2 Å². The van der Waals surface area contributed by atoms with Crippen LogP contribution in [0.5, 0.6) is 0 Å². The molecule has 152 valence electrons. The lowest BCUT2D eigenvalue weighted by Crippen LogP contribution is -2.44. The Morgan fingerprint density at radius 1 is 1.17 bits per heavy atom. The number of hydrogen-bond acceptors (Lipinski definition) is 5. The third kappa shape index (κ3) is 3.89. The average molecular weight is 416 g/mol. The summed E-state index contributed by atoms with van der Waals surface area (Å²) in [4.78, 5) is 31.1. The molecule has 2 aromatic carbocycles. The number of benzene rings is 2. The summed E-state index contributed by atoms with van der Waals surface area (Å²) in [6.45, 7) is 3.21. The number of sulfonamides is 1. The lowest BCUT2D eigenvalue weighted by atomic mass is 10.1. The first-order chi connectivity index (χ1) is 13.8. The molecule has 4 rings (SSSR count). The number of fused-ring (bicyclic) bond motifs is 1. The second-order valence-corrected chi connectivity index (χ2v) is 8.55. The Morgan fingerprint density at radius 2 is 1.93 bits per heavy atom. The Morgan fingerprint density at radius 3 is 2.72 bits per heavy atom. The Hall–Kier alpha value is -3.11. The van der Waals surface area contributed by atoms with Crippen molar-refractivity contribution in [2.24, 2.45) is 0 Å². The number of hydrogen-bond donors (Lipinski definition) is 3. The van der Waals surface area contributed by atoms with E-state index in [-0.39, 0.29) is 28.2 Å². The largest absolute Gasteiger partial charge is 0.375 e. The molecule has 1 atom stereocenters. The third-order valence-electron chi connectivity index (χ3n) is 4.73. The number of carbonyl (C=O) groups is 1. The van der Waals surface area contributed by atoms with E-state index in [0.29, 0.717) is 30.7 Å². The molecule has 0 spiro atoms. The zero-order chi connectivity index (χ0) is 20.6. The quantitative estimate of drug-likeness (QED) is 0.595. The Bertz CT molecular complexity index is 1230. The minimum atomic E-state index is -3.97. The molecule has 29 heavy (non-hydrogen) atoms. The Kier molecular flexibility index (Phi) is 4.89. The van der Waals surface area contributed by atoms with E-state index in [1.165, 1.54) is 18.2 Å². The van der Waals surface area contributed by atoms with Crippen LogP contribution in [0.1, 0.15) is 17.3 Å². The van der Waals surface area contributed by atoms with E-state index in [2.05, 4.69) is 14.7 Å². The molecule has 0 aliphatic carbocycles. The Balaban J connectivity index is 1.64. The number of aromatic amines is 2. The molecule has 1 aromatic heterocycles. The van der Waals surface area contributed by atoms with E-state index in [1.54, 1.807) is 29.2 Å². The summed E-state index contributed by atoms with van der Waals surface area (Å²) in [6, 6.07) is 10.7. The summed E-state index contributed by atoms with van der Waals surface area (Å²) in [5, 5.41) is 0. The molecular formula is C19H20N4O5S. The van der Waals surface area contributed by atoms with Gasteiger partial charge in [0.25, 0.3) is 15.9 Å². The number of ether oxygens (including phenoxy) is 1. The van der Waals surface area contributed by atoms with E-state index in [1.807, 2.05) is 6.92 Å². The van der Waals surface area contributed by atoms with Crippen LogP contribution in [0, 0.1) is 0 Å². The van der Waals surface area contributed by atoms with Crippen molar-refractivity contribution in [1.29, 1.82) is 0 Å². The molecule has 3 aromatic rings. The number of anilines is 1. The summed E-state index contributed by atoms with van der Waals surface area (Å²) in [5.74, 6) is -0.260. The van der Waals surface area contributed by atoms with Gasteiger partial charge in [-0.05, 0) is 37.3 Å². The normalized spacial score (nSPS) is 17.4. The highest BCUT2D eigenvalue weighted by Gasteiger charge is 2.25. The van der Waals surface area contributed by atoms with Gasteiger partial charge >= 0.3 is 5.69 Å². The van der Waals surface area contributed by atoms with Crippen LogP contribution in [-0.2, 0) is 14.8 Å². The SMILES string of the molecule is C[C@H]1CN(C(=O)c2ccccc2NS(=O)(=O)c2ccc3[nH]c(=O)[nH]c3c2)CCO1. The van der Waals surface area contributed by atoms with E-state index in [4.69, 9.17) is 4.74 Å². The second kappa shape index (κ2) is 7.37. The van der Waals surface area contributed by atoms with Gasteiger partial charge in [0.15, 0.2) is 0 Å². The number of nitrogens with zero attached hydrogens (tertiary/aromatic N) is 1. The Labute approximate surface area is 166 Å². The van der Waals surface area contributed by atoms with Crippen LogP contribution in [0.4, 0.5) is 5.69 Å². The summed E-state index contributed by atoms with van der Waals surface area (Å²) in [5.41, 5.74) is 0.925. The molecule has 0 saturated carbocycles. The number of carbonyl (C=O) groups excluding carboxylic acids is 1. The number of aromatic nitrogens is 2. The maximum Gasteiger partial charge on any atom is 0.323 e. The molecule has 1 fully saturated rings. The predicted octanol–water partition coefficient (Wildman–Crippen LogP) is 1.52. The van der Waals surface area contributed by atoms with Gasteiger partial charge in [0.1, 0.15) is 0 Å². The fraction of sp³-hybridized carbons (Fsp3) is 0.263. The summed E-state index contributed by atoms with van der Waals surface area (Å²) < 4.78 is 33.8. The summed E-state index contributed by atoms with van der Waals surface area (Å²) in [7, 11) is -3.97. The van der Waals surface area contributed by atoms with Gasteiger partial charge in [-0.2, -0.15) is 0 Å². The smallest absolute Gasteiger partial charge is 0.323 e. The summed E-state index contributed by atoms with van der Waals surface area (Å²) >= 11 is 0. The zero-order valence-electron chi connectivity index (χ0n) is 15.6. The fourth-order valence-corrected chi connectivity index (χ4v) is 4.42. The van der Waals surface area contributed by atoms with Crippen LogP contribution in [-0.4, -0.2) is 55.0 Å². The van der Waals surface area contributed by atoms with Crippen molar-refractivity contribution >= 4 is 32.7 Å². The molecule has 1 amide bonds. The van der Waals surface area contributed by atoms with Gasteiger partial charge in [0.2, 0.25) is 0 Å². The maximum absolute atomic E-state index is 13.0. The minimum absolute atomic E-state index is 0.0255. The van der Waals surface area contributed by atoms with Crippen LogP contribution in [0.25, 0.3) is 11.0 Å². The van der Waals surface area contributed by atoms with Gasteiger partial charge in [0, 0.05) is 13.1 Å². The maximum atomic E-state index is 13.0. The molecule has 1 saturated heterocycles. The van der Waals surface area contributed by atoms with Crippen LogP contribution in [0.3, 0.4) is 0 Å². The molecular weight excluding hydrogens is 396 g/mol. The number of nitrogens with one attached hydrogen (secondary N) is 3. The minimum Gasteiger partial charge on any atom is -0.375 e. The number of para-hydroxylation sites is 1. The van der Waals surface area contributed by atoms with E-state index in [0.717, 1.165) is 0 Å². The van der Waals surface area contributed by atoms with Crippen molar-refractivity contribution in [2.45, 2.75) is 17.9 Å². The van der Waals surface area contributed by atoms with Crippen molar-refractivity contribution in [3.05, 3.63) is 58.5 Å². The zero-order valence-corrected chi connectivity index (χ0v) is 16.5. The van der Waals surface area contributed by atoms with Crippen LogP contribution in [0.2, 0.25) is 0 Å². The monoisotopic (exact) mass is 416 g/mol. The lowest BCUT2D eigenvalue weighted by Gasteiger charge is -2.31. The van der Waals surface area contributed by atoms with Crippen LogP contribution < -0.4 is 10.4 Å². The first-order valence-corrected chi connectivity index (χ1v) is 10.6. The molecule has 0 radical (unpaired) electrons. The van der Waals surface area contributed by atoms with Gasteiger partial charge in [-0.15, -0.1) is 0 Å². The molecule has 0 bridgehead atoms. The van der Waals surface area contributed by atoms with Crippen LogP contribution >= 0.6 is 0 Å². The summed E-state index contributed by atoms with van der Waals surface area (Å²) in [6.07, 6.45) is -0.0770. The first-order valence-electron chi connectivity index (χ1n) is 9.08. The van der Waals surface area contributed by atoms with Crippen molar-refractivity contribution < 1.29 is 17.9 Å². The van der Waals surface area contributed by atoms with E-state index >= 15 is 0 Å². The van der Waals surface area contributed by atoms with Gasteiger partial charge in [-0.3, -0.25) is 9.52 Å². The second-order valence-electron chi connectivity index (χ2n) is 6.87. The molecule has 10 heteroatoms. The van der Waals surface area contributed by atoms with Gasteiger partial charge < -0.3 is 19.6 Å². The van der Waals surface area contributed by atoms with Crippen LogP contribution in [0.15, 0.2) is 52.2 Å². The number of H-pyrrole nitrogens is 2. The fourth-order valence-electron chi connectivity index (χ4n) is 3.31. The molecule has 1 aliphatic rings. The predicted molar refractivity (Wildman–Crippen MR) is 107 cm³/mol. The van der Waals surface area contributed by atoms with E-state index in [9.17, 15) is 18.0 Å². The molecule has 0 unspecified atom stereocenters. The number of amides is 1. The number of imidazole rings is 1. The van der Waals surface area contributed by atoms with Crippen molar-refractivity contribution in [3.63, 3.8) is 0 Å². The first kappa shape index (κ1) is 19.2. The topological polar surface area (TPSA) is 124 Å². The van der Waals surface area contributed by atoms with Gasteiger partial charge in [0.05, 0.1) is 39.9 Å². The van der Waals surface area contributed by atoms with Crippen molar-refractivity contribution in [3.8, 4) is 0 Å². The van der Waals surface area contributed by atoms with Gasteiger partial charge in [-0.1, -0.05) is 12.1 Å². The highest BCUT2D eigenvalue weighted by Crippen LogP contribution is 2.23. The number of morpholine rings is 1.